The van der Waals surface area contributed by atoms with E-state index in [0.717, 1.165) is 28.9 Å². The van der Waals surface area contributed by atoms with Crippen molar-refractivity contribution in [1.29, 1.82) is 0 Å². The first-order valence-corrected chi connectivity index (χ1v) is 9.50. The predicted octanol–water partition coefficient (Wildman–Crippen LogP) is 3.49. The minimum absolute atomic E-state index is 0.182. The zero-order valence-electron chi connectivity index (χ0n) is 16.8. The molecule has 9 heteroatoms. The number of hydrogen-bond acceptors (Lipinski definition) is 3. The molecule has 0 radical (unpaired) electrons. The largest absolute Gasteiger partial charge is 0.484 e. The lowest BCUT2D eigenvalue weighted by Gasteiger charge is -2.12. The Kier molecular flexibility index (Phi) is 6.81. The van der Waals surface area contributed by atoms with E-state index in [2.05, 4.69) is 20.6 Å². The summed E-state index contributed by atoms with van der Waals surface area (Å²) in [5, 5.41) is 6.41. The summed E-state index contributed by atoms with van der Waals surface area (Å²) in [5.41, 5.74) is 3.97. The summed E-state index contributed by atoms with van der Waals surface area (Å²) in [6.45, 7) is 1.87. The highest BCUT2D eigenvalue weighted by atomic mass is 19.4. The summed E-state index contributed by atoms with van der Waals surface area (Å²) in [4.78, 5) is 8.83. The van der Waals surface area contributed by atoms with Crippen LogP contribution in [0.15, 0.2) is 53.8 Å². The number of aryl methyl sites for hydroxylation is 1. The van der Waals surface area contributed by atoms with Crippen molar-refractivity contribution in [3.05, 3.63) is 65.6 Å². The molecule has 0 saturated carbocycles. The lowest BCUT2D eigenvalue weighted by Crippen LogP contribution is -2.37. The number of halogens is 3. The number of rotatable bonds is 7. The molecule has 0 aliphatic rings. The minimum atomic E-state index is -4.35. The van der Waals surface area contributed by atoms with E-state index in [-0.39, 0.29) is 5.75 Å². The van der Waals surface area contributed by atoms with Crippen molar-refractivity contribution in [2.75, 3.05) is 20.2 Å². The number of nitrogens with zero attached hydrogens (tertiary/aromatic N) is 3. The van der Waals surface area contributed by atoms with Gasteiger partial charge in [-0.15, -0.1) is 0 Å². The Hall–Kier alpha value is -3.23. The standard InChI is InChI=1S/C21H24F3N5O/c1-15-4-3-11-29-13-17(28-19(15)29)9-10-26-20(25-2)27-12-16-5-7-18(8-6-16)30-14-21(22,23)24/h3-8,11,13H,9-10,12,14H2,1-2H3,(H2,25,26,27). The Morgan fingerprint density at radius 2 is 1.93 bits per heavy atom. The van der Waals surface area contributed by atoms with Crippen molar-refractivity contribution in [3.63, 3.8) is 0 Å². The van der Waals surface area contributed by atoms with E-state index in [4.69, 9.17) is 4.74 Å². The number of benzene rings is 1. The van der Waals surface area contributed by atoms with Gasteiger partial charge in [-0.1, -0.05) is 18.2 Å². The molecule has 3 aromatic rings. The van der Waals surface area contributed by atoms with Crippen LogP contribution >= 0.6 is 0 Å². The van der Waals surface area contributed by atoms with Crippen LogP contribution in [-0.2, 0) is 13.0 Å². The van der Waals surface area contributed by atoms with Gasteiger partial charge >= 0.3 is 6.18 Å². The SMILES string of the molecule is CN=C(NCCc1cn2cccc(C)c2n1)NCc1ccc(OCC(F)(F)F)cc1. The van der Waals surface area contributed by atoms with Gasteiger partial charge in [-0.05, 0) is 36.2 Å². The summed E-state index contributed by atoms with van der Waals surface area (Å²) in [6, 6.07) is 10.5. The molecule has 3 rings (SSSR count). The first kappa shape index (κ1) is 21.5. The van der Waals surface area contributed by atoms with E-state index in [1.807, 2.05) is 35.9 Å². The molecule has 0 fully saturated rings. The molecule has 0 amide bonds. The van der Waals surface area contributed by atoms with E-state index in [1.54, 1.807) is 19.2 Å². The van der Waals surface area contributed by atoms with E-state index in [1.165, 1.54) is 12.1 Å². The van der Waals surface area contributed by atoms with Crippen molar-refractivity contribution in [1.82, 2.24) is 20.0 Å². The van der Waals surface area contributed by atoms with Crippen LogP contribution in [0.3, 0.4) is 0 Å². The maximum Gasteiger partial charge on any atom is 0.422 e. The average Bonchev–Trinajstić information content (AvgIpc) is 3.13. The third kappa shape index (κ3) is 6.13. The number of aliphatic imine (C=N–C) groups is 1. The number of alkyl halides is 3. The molecule has 0 bridgehead atoms. The molecule has 2 aromatic heterocycles. The second-order valence-electron chi connectivity index (χ2n) is 6.80. The first-order valence-electron chi connectivity index (χ1n) is 9.50. The van der Waals surface area contributed by atoms with Crippen LogP contribution in [0.5, 0.6) is 5.75 Å². The lowest BCUT2D eigenvalue weighted by molar-refractivity contribution is -0.153. The van der Waals surface area contributed by atoms with Gasteiger partial charge in [-0.25, -0.2) is 4.98 Å². The zero-order chi connectivity index (χ0) is 21.6. The smallest absolute Gasteiger partial charge is 0.422 e. The summed E-state index contributed by atoms with van der Waals surface area (Å²) in [6.07, 6.45) is 0.391. The molecule has 2 N–H and O–H groups in total. The van der Waals surface area contributed by atoms with Gasteiger partial charge in [0, 0.05) is 39.0 Å². The Balaban J connectivity index is 1.44. The maximum atomic E-state index is 12.2. The van der Waals surface area contributed by atoms with Crippen molar-refractivity contribution in [2.24, 2.45) is 4.99 Å². The van der Waals surface area contributed by atoms with Crippen molar-refractivity contribution in [3.8, 4) is 5.75 Å². The highest BCUT2D eigenvalue weighted by Gasteiger charge is 2.28. The molecular formula is C21H24F3N5O. The Labute approximate surface area is 172 Å². The molecule has 2 heterocycles. The first-order chi connectivity index (χ1) is 14.3. The molecule has 0 spiro atoms. The van der Waals surface area contributed by atoms with Gasteiger partial charge in [0.1, 0.15) is 11.4 Å². The monoisotopic (exact) mass is 419 g/mol. The van der Waals surface area contributed by atoms with Crippen LogP contribution in [0.1, 0.15) is 16.8 Å². The van der Waals surface area contributed by atoms with Crippen LogP contribution in [0.4, 0.5) is 13.2 Å². The molecular weight excluding hydrogens is 395 g/mol. The van der Waals surface area contributed by atoms with Gasteiger partial charge in [0.05, 0.1) is 5.69 Å². The highest BCUT2D eigenvalue weighted by molar-refractivity contribution is 5.79. The Bertz CT molecular complexity index is 996. The molecule has 0 aliphatic heterocycles. The number of guanidine groups is 1. The third-order valence-corrected chi connectivity index (χ3v) is 4.41. The van der Waals surface area contributed by atoms with Crippen LogP contribution < -0.4 is 15.4 Å². The Morgan fingerprint density at radius 1 is 1.17 bits per heavy atom. The van der Waals surface area contributed by atoms with Crippen LogP contribution in [-0.4, -0.2) is 41.7 Å². The summed E-state index contributed by atoms with van der Waals surface area (Å²) in [7, 11) is 1.68. The highest BCUT2D eigenvalue weighted by Crippen LogP contribution is 2.18. The number of ether oxygens (including phenoxy) is 1. The van der Waals surface area contributed by atoms with Crippen molar-refractivity contribution < 1.29 is 17.9 Å². The van der Waals surface area contributed by atoms with Crippen molar-refractivity contribution >= 4 is 11.6 Å². The average molecular weight is 419 g/mol. The van der Waals surface area contributed by atoms with E-state index in [9.17, 15) is 13.2 Å². The number of imidazole rings is 1. The maximum absolute atomic E-state index is 12.2. The van der Waals surface area contributed by atoms with Crippen molar-refractivity contribution in [2.45, 2.75) is 26.1 Å². The number of aromatic nitrogens is 2. The Morgan fingerprint density at radius 3 is 2.60 bits per heavy atom. The number of fused-ring (bicyclic) bond motifs is 1. The summed E-state index contributed by atoms with van der Waals surface area (Å²) < 4.78 is 43.3. The topological polar surface area (TPSA) is 63.0 Å². The second-order valence-corrected chi connectivity index (χ2v) is 6.80. The molecule has 160 valence electrons. The third-order valence-electron chi connectivity index (χ3n) is 4.41. The van der Waals surface area contributed by atoms with Gasteiger partial charge in [-0.2, -0.15) is 13.2 Å². The quantitative estimate of drug-likeness (QED) is 0.455. The van der Waals surface area contributed by atoms with Gasteiger partial charge in [0.15, 0.2) is 12.6 Å². The van der Waals surface area contributed by atoms with E-state index >= 15 is 0 Å². The van der Waals surface area contributed by atoms with Gasteiger partial charge < -0.3 is 19.8 Å². The summed E-state index contributed by atoms with van der Waals surface area (Å²) in [5.74, 6) is 0.814. The zero-order valence-corrected chi connectivity index (χ0v) is 16.8. The van der Waals surface area contributed by atoms with E-state index in [0.29, 0.717) is 19.0 Å². The second kappa shape index (κ2) is 9.51. The fraction of sp³-hybridized carbons (Fsp3) is 0.333. The molecule has 0 saturated heterocycles. The summed E-state index contributed by atoms with van der Waals surface area (Å²) >= 11 is 0. The minimum Gasteiger partial charge on any atom is -0.484 e. The van der Waals surface area contributed by atoms with Crippen LogP contribution in [0.25, 0.3) is 5.65 Å². The molecule has 30 heavy (non-hydrogen) atoms. The van der Waals surface area contributed by atoms with E-state index < -0.39 is 12.8 Å². The lowest BCUT2D eigenvalue weighted by atomic mass is 10.2. The molecule has 0 aliphatic carbocycles. The van der Waals surface area contributed by atoms with Gasteiger partial charge in [-0.3, -0.25) is 4.99 Å². The predicted molar refractivity (Wildman–Crippen MR) is 110 cm³/mol. The van der Waals surface area contributed by atoms with Crippen LogP contribution in [0.2, 0.25) is 0 Å². The fourth-order valence-corrected chi connectivity index (χ4v) is 2.91. The number of pyridine rings is 1. The van der Waals surface area contributed by atoms with Gasteiger partial charge in [0.25, 0.3) is 0 Å². The normalized spacial score (nSPS) is 12.2. The number of hydrogen-bond donors (Lipinski definition) is 2. The molecule has 1 aromatic carbocycles. The molecule has 6 nitrogen and oxygen atoms in total. The molecule has 0 unspecified atom stereocenters. The fourth-order valence-electron chi connectivity index (χ4n) is 2.91. The van der Waals surface area contributed by atoms with Gasteiger partial charge in [0.2, 0.25) is 0 Å². The van der Waals surface area contributed by atoms with Crippen LogP contribution in [0, 0.1) is 6.92 Å². The molecule has 0 atom stereocenters. The number of nitrogens with one attached hydrogen (secondary N) is 2.